The molecule has 2 unspecified atom stereocenters. The van der Waals surface area contributed by atoms with Crippen LogP contribution < -0.4 is 0 Å². The zero-order valence-electron chi connectivity index (χ0n) is 9.59. The molecule has 2 atom stereocenters. The van der Waals surface area contributed by atoms with Gasteiger partial charge in [-0.2, -0.15) is 4.98 Å². The van der Waals surface area contributed by atoms with Crippen LogP contribution in [0, 0.1) is 6.92 Å². The van der Waals surface area contributed by atoms with Crippen LogP contribution in [-0.4, -0.2) is 21.4 Å². The molecule has 0 saturated heterocycles. The van der Waals surface area contributed by atoms with Gasteiger partial charge in [-0.1, -0.05) is 5.16 Å². The highest BCUT2D eigenvalue weighted by molar-refractivity contribution is 5.56. The minimum absolute atomic E-state index is 0.0107. The highest BCUT2D eigenvalue weighted by Gasteiger charge is 2.31. The Morgan fingerprint density at radius 1 is 1.41 bits per heavy atom. The van der Waals surface area contributed by atoms with Gasteiger partial charge in [-0.3, -0.25) is 0 Å². The topological polar surface area (TPSA) is 72.3 Å². The zero-order valence-corrected chi connectivity index (χ0v) is 9.59. The van der Waals surface area contributed by atoms with Gasteiger partial charge in [0.25, 0.3) is 0 Å². The van der Waals surface area contributed by atoms with Crippen molar-refractivity contribution < 1.29 is 14.0 Å². The maximum atomic E-state index is 9.79. The Kier molecular flexibility index (Phi) is 2.48. The lowest BCUT2D eigenvalue weighted by Crippen LogP contribution is -2.11. The number of aliphatic hydroxyl groups is 1. The van der Waals surface area contributed by atoms with Crippen molar-refractivity contribution in [3.63, 3.8) is 0 Å². The molecule has 2 heterocycles. The molecule has 3 rings (SSSR count). The van der Waals surface area contributed by atoms with Gasteiger partial charge in [0.1, 0.15) is 5.76 Å². The lowest BCUT2D eigenvalue weighted by molar-refractivity contribution is 0.148. The van der Waals surface area contributed by atoms with Crippen molar-refractivity contribution >= 4 is 0 Å². The van der Waals surface area contributed by atoms with Gasteiger partial charge in [0, 0.05) is 0 Å². The SMILES string of the molecule is Cc1occc1-c1noc(C2CCCC2O)n1. The number of aryl methyl sites for hydroxylation is 1. The number of aliphatic hydroxyl groups excluding tert-OH is 1. The second kappa shape index (κ2) is 4.00. The number of rotatable bonds is 2. The lowest BCUT2D eigenvalue weighted by atomic mass is 10.1. The van der Waals surface area contributed by atoms with Crippen LogP contribution in [0.3, 0.4) is 0 Å². The molecule has 0 amide bonds. The quantitative estimate of drug-likeness (QED) is 0.862. The monoisotopic (exact) mass is 234 g/mol. The summed E-state index contributed by atoms with van der Waals surface area (Å²) in [7, 11) is 0. The van der Waals surface area contributed by atoms with Gasteiger partial charge >= 0.3 is 0 Å². The summed E-state index contributed by atoms with van der Waals surface area (Å²) in [5.74, 6) is 1.82. The van der Waals surface area contributed by atoms with E-state index in [1.807, 2.05) is 13.0 Å². The number of furan rings is 1. The first-order valence-electron chi connectivity index (χ1n) is 5.82. The molecule has 0 aliphatic heterocycles. The summed E-state index contributed by atoms with van der Waals surface area (Å²) in [4.78, 5) is 4.35. The summed E-state index contributed by atoms with van der Waals surface area (Å²) < 4.78 is 10.4. The molecule has 90 valence electrons. The Hall–Kier alpha value is -1.62. The molecule has 17 heavy (non-hydrogen) atoms. The first-order valence-corrected chi connectivity index (χ1v) is 5.82. The molecule has 5 heteroatoms. The molecule has 2 aromatic heterocycles. The number of nitrogens with zero attached hydrogens (tertiary/aromatic N) is 2. The molecule has 1 aliphatic carbocycles. The molecule has 1 fully saturated rings. The van der Waals surface area contributed by atoms with E-state index in [9.17, 15) is 5.11 Å². The van der Waals surface area contributed by atoms with Crippen LogP contribution in [0.2, 0.25) is 0 Å². The Morgan fingerprint density at radius 3 is 2.94 bits per heavy atom. The fourth-order valence-corrected chi connectivity index (χ4v) is 2.34. The molecule has 2 aromatic rings. The zero-order chi connectivity index (χ0) is 11.8. The summed E-state index contributed by atoms with van der Waals surface area (Å²) in [6, 6.07) is 1.81. The van der Waals surface area contributed by atoms with Crippen LogP contribution in [0.4, 0.5) is 0 Å². The highest BCUT2D eigenvalue weighted by atomic mass is 16.5. The third-order valence-electron chi connectivity index (χ3n) is 3.34. The lowest BCUT2D eigenvalue weighted by Gasteiger charge is -2.07. The summed E-state index contributed by atoms with van der Waals surface area (Å²) >= 11 is 0. The second-order valence-electron chi connectivity index (χ2n) is 4.45. The summed E-state index contributed by atoms with van der Waals surface area (Å²) in [6.45, 7) is 1.86. The van der Waals surface area contributed by atoms with Gasteiger partial charge in [0.2, 0.25) is 11.7 Å². The molecule has 1 saturated carbocycles. The maximum Gasteiger partial charge on any atom is 0.232 e. The van der Waals surface area contributed by atoms with Crippen molar-refractivity contribution in [2.75, 3.05) is 0 Å². The highest BCUT2D eigenvalue weighted by Crippen LogP contribution is 2.34. The van der Waals surface area contributed by atoms with E-state index in [2.05, 4.69) is 10.1 Å². The van der Waals surface area contributed by atoms with E-state index in [0.717, 1.165) is 30.6 Å². The predicted octanol–water partition coefficient (Wildman–Crippen LogP) is 2.27. The third kappa shape index (κ3) is 1.76. The van der Waals surface area contributed by atoms with Crippen molar-refractivity contribution in [1.29, 1.82) is 0 Å². The fourth-order valence-electron chi connectivity index (χ4n) is 2.34. The molecule has 0 radical (unpaired) electrons. The summed E-state index contributed by atoms with van der Waals surface area (Å²) in [5.41, 5.74) is 0.840. The van der Waals surface area contributed by atoms with Gasteiger partial charge in [0.15, 0.2) is 0 Å². The standard InChI is InChI=1S/C12H14N2O3/c1-7-8(5-6-16-7)11-13-12(17-14-11)9-3-2-4-10(9)15/h5-6,9-10,15H,2-4H2,1H3. The number of aromatic nitrogens is 2. The van der Waals surface area contributed by atoms with Crippen molar-refractivity contribution in [3.05, 3.63) is 24.0 Å². The minimum atomic E-state index is -0.353. The van der Waals surface area contributed by atoms with E-state index in [1.54, 1.807) is 6.26 Å². The van der Waals surface area contributed by atoms with Gasteiger partial charge in [-0.15, -0.1) is 0 Å². The normalized spacial score (nSPS) is 24.4. The maximum absolute atomic E-state index is 9.79. The van der Waals surface area contributed by atoms with Crippen LogP contribution in [-0.2, 0) is 0 Å². The van der Waals surface area contributed by atoms with Gasteiger partial charge in [0.05, 0.1) is 23.8 Å². The Bertz CT molecular complexity index is 517. The first kappa shape index (κ1) is 10.5. The van der Waals surface area contributed by atoms with Crippen LogP contribution >= 0.6 is 0 Å². The van der Waals surface area contributed by atoms with Gasteiger partial charge < -0.3 is 14.0 Å². The van der Waals surface area contributed by atoms with Crippen LogP contribution in [0.5, 0.6) is 0 Å². The Morgan fingerprint density at radius 2 is 2.29 bits per heavy atom. The average molecular weight is 234 g/mol. The predicted molar refractivity (Wildman–Crippen MR) is 59.3 cm³/mol. The summed E-state index contributed by atoms with van der Waals surface area (Å²) in [6.07, 6.45) is 3.98. The molecule has 0 spiro atoms. The fraction of sp³-hybridized carbons (Fsp3) is 0.500. The number of hydrogen-bond acceptors (Lipinski definition) is 5. The van der Waals surface area contributed by atoms with E-state index in [1.165, 1.54) is 0 Å². The molecular formula is C12H14N2O3. The van der Waals surface area contributed by atoms with Crippen LogP contribution in [0.15, 0.2) is 21.3 Å². The first-order chi connectivity index (χ1) is 8.25. The number of hydrogen-bond donors (Lipinski definition) is 1. The van der Waals surface area contributed by atoms with Gasteiger partial charge in [-0.25, -0.2) is 0 Å². The van der Waals surface area contributed by atoms with Crippen molar-refractivity contribution in [1.82, 2.24) is 10.1 Å². The molecular weight excluding hydrogens is 220 g/mol. The molecule has 1 aliphatic rings. The van der Waals surface area contributed by atoms with Crippen molar-refractivity contribution in [2.24, 2.45) is 0 Å². The second-order valence-corrected chi connectivity index (χ2v) is 4.45. The van der Waals surface area contributed by atoms with Crippen molar-refractivity contribution in [2.45, 2.75) is 38.2 Å². The third-order valence-corrected chi connectivity index (χ3v) is 3.34. The molecule has 1 N–H and O–H groups in total. The van der Waals surface area contributed by atoms with E-state index in [4.69, 9.17) is 8.94 Å². The minimum Gasteiger partial charge on any atom is -0.469 e. The van der Waals surface area contributed by atoms with E-state index < -0.39 is 0 Å². The summed E-state index contributed by atoms with van der Waals surface area (Å²) in [5, 5.41) is 13.7. The Balaban J connectivity index is 1.90. The largest absolute Gasteiger partial charge is 0.469 e. The van der Waals surface area contributed by atoms with E-state index >= 15 is 0 Å². The Labute approximate surface area is 98.4 Å². The molecule has 0 bridgehead atoms. The average Bonchev–Trinajstić information content (AvgIpc) is 2.97. The smallest absolute Gasteiger partial charge is 0.232 e. The molecule has 5 nitrogen and oxygen atoms in total. The van der Waals surface area contributed by atoms with E-state index in [-0.39, 0.29) is 12.0 Å². The van der Waals surface area contributed by atoms with Crippen LogP contribution in [0.1, 0.15) is 36.8 Å². The van der Waals surface area contributed by atoms with Crippen LogP contribution in [0.25, 0.3) is 11.4 Å². The van der Waals surface area contributed by atoms with Crippen molar-refractivity contribution in [3.8, 4) is 11.4 Å². The molecule has 0 aromatic carbocycles. The van der Waals surface area contributed by atoms with E-state index in [0.29, 0.717) is 11.7 Å². The van der Waals surface area contributed by atoms with Gasteiger partial charge in [-0.05, 0) is 32.3 Å².